The summed E-state index contributed by atoms with van der Waals surface area (Å²) in [4.78, 5) is 0. The molecule has 0 aromatic carbocycles. The molecular formula is C6H10ClN3. The SMILES string of the molecule is CNCCc1cc(Cl)n[nH]1. The van der Waals surface area contributed by atoms with Crippen LogP contribution in [0.5, 0.6) is 0 Å². The smallest absolute Gasteiger partial charge is 0.151 e. The van der Waals surface area contributed by atoms with Crippen molar-refractivity contribution in [1.82, 2.24) is 15.5 Å². The van der Waals surface area contributed by atoms with Crippen LogP contribution in [0.1, 0.15) is 5.69 Å². The minimum atomic E-state index is 0.533. The van der Waals surface area contributed by atoms with Gasteiger partial charge in [0.25, 0.3) is 0 Å². The van der Waals surface area contributed by atoms with Crippen molar-refractivity contribution in [3.8, 4) is 0 Å². The molecule has 0 atom stereocenters. The van der Waals surface area contributed by atoms with E-state index in [2.05, 4.69) is 15.5 Å². The molecule has 56 valence electrons. The predicted molar refractivity (Wildman–Crippen MR) is 41.2 cm³/mol. The number of rotatable bonds is 3. The maximum absolute atomic E-state index is 5.58. The van der Waals surface area contributed by atoms with Gasteiger partial charge >= 0.3 is 0 Å². The quantitative estimate of drug-likeness (QED) is 0.686. The lowest BCUT2D eigenvalue weighted by Crippen LogP contribution is -2.10. The van der Waals surface area contributed by atoms with E-state index in [-0.39, 0.29) is 0 Å². The van der Waals surface area contributed by atoms with Crippen molar-refractivity contribution in [3.63, 3.8) is 0 Å². The van der Waals surface area contributed by atoms with Crippen molar-refractivity contribution in [3.05, 3.63) is 16.9 Å². The number of halogens is 1. The van der Waals surface area contributed by atoms with Gasteiger partial charge < -0.3 is 5.32 Å². The van der Waals surface area contributed by atoms with E-state index in [4.69, 9.17) is 11.6 Å². The Morgan fingerprint density at radius 1 is 1.80 bits per heavy atom. The Bertz CT molecular complexity index is 197. The number of nitrogens with one attached hydrogen (secondary N) is 2. The molecule has 0 saturated heterocycles. The number of nitrogens with zero attached hydrogens (tertiary/aromatic N) is 1. The van der Waals surface area contributed by atoms with Gasteiger partial charge in [0.15, 0.2) is 5.15 Å². The van der Waals surface area contributed by atoms with Gasteiger partial charge in [-0.2, -0.15) is 5.10 Å². The molecule has 0 aliphatic heterocycles. The van der Waals surface area contributed by atoms with Gasteiger partial charge in [0.05, 0.1) is 0 Å². The molecule has 4 heteroatoms. The summed E-state index contributed by atoms with van der Waals surface area (Å²) in [5.74, 6) is 0. The molecular weight excluding hydrogens is 150 g/mol. The largest absolute Gasteiger partial charge is 0.319 e. The predicted octanol–water partition coefficient (Wildman–Crippen LogP) is 0.825. The van der Waals surface area contributed by atoms with E-state index in [1.807, 2.05) is 13.1 Å². The molecule has 1 aromatic rings. The average Bonchev–Trinajstić information content (AvgIpc) is 2.31. The van der Waals surface area contributed by atoms with Gasteiger partial charge in [-0.25, -0.2) is 0 Å². The Labute approximate surface area is 64.8 Å². The molecule has 0 radical (unpaired) electrons. The second-order valence-electron chi connectivity index (χ2n) is 2.07. The van der Waals surface area contributed by atoms with Crippen LogP contribution in [0, 0.1) is 0 Å². The topological polar surface area (TPSA) is 40.7 Å². The van der Waals surface area contributed by atoms with Crippen molar-refractivity contribution in [2.24, 2.45) is 0 Å². The second-order valence-corrected chi connectivity index (χ2v) is 2.46. The minimum absolute atomic E-state index is 0.533. The lowest BCUT2D eigenvalue weighted by Gasteiger charge is -1.92. The number of H-pyrrole nitrogens is 1. The van der Waals surface area contributed by atoms with Crippen LogP contribution in [0.15, 0.2) is 6.07 Å². The van der Waals surface area contributed by atoms with Gasteiger partial charge in [-0.1, -0.05) is 11.6 Å². The molecule has 1 heterocycles. The molecule has 0 bridgehead atoms. The summed E-state index contributed by atoms with van der Waals surface area (Å²) in [5, 5.41) is 10.2. The first kappa shape index (κ1) is 7.57. The third-order valence-corrected chi connectivity index (χ3v) is 1.44. The van der Waals surface area contributed by atoms with E-state index >= 15 is 0 Å². The van der Waals surface area contributed by atoms with Gasteiger partial charge in [-0.05, 0) is 13.1 Å². The summed E-state index contributed by atoms with van der Waals surface area (Å²) in [6, 6.07) is 1.83. The highest BCUT2D eigenvalue weighted by molar-refractivity contribution is 6.29. The summed E-state index contributed by atoms with van der Waals surface area (Å²) in [7, 11) is 1.91. The molecule has 1 rings (SSSR count). The van der Waals surface area contributed by atoms with Gasteiger partial charge in [0.1, 0.15) is 0 Å². The Morgan fingerprint density at radius 3 is 3.10 bits per heavy atom. The van der Waals surface area contributed by atoms with Crippen molar-refractivity contribution in [1.29, 1.82) is 0 Å². The zero-order valence-electron chi connectivity index (χ0n) is 5.82. The molecule has 1 aromatic heterocycles. The summed E-state index contributed by atoms with van der Waals surface area (Å²) < 4.78 is 0. The maximum Gasteiger partial charge on any atom is 0.151 e. The third kappa shape index (κ3) is 2.01. The molecule has 0 fully saturated rings. The van der Waals surface area contributed by atoms with Gasteiger partial charge in [-0.15, -0.1) is 0 Å². The van der Waals surface area contributed by atoms with Gasteiger partial charge in [-0.3, -0.25) is 5.10 Å². The molecule has 0 unspecified atom stereocenters. The molecule has 3 nitrogen and oxygen atoms in total. The van der Waals surface area contributed by atoms with Crippen molar-refractivity contribution in [2.45, 2.75) is 6.42 Å². The van der Waals surface area contributed by atoms with E-state index in [1.165, 1.54) is 0 Å². The first-order chi connectivity index (χ1) is 4.83. The standard InChI is InChI=1S/C6H10ClN3/c1-8-3-2-5-4-6(7)10-9-5/h4,8H,2-3H2,1H3,(H,9,10). The highest BCUT2D eigenvalue weighted by Crippen LogP contribution is 2.04. The highest BCUT2D eigenvalue weighted by Gasteiger charge is 1.95. The number of likely N-dealkylation sites (N-methyl/N-ethyl adjacent to an activating group) is 1. The first-order valence-electron chi connectivity index (χ1n) is 3.17. The first-order valence-corrected chi connectivity index (χ1v) is 3.55. The molecule has 2 N–H and O–H groups in total. The maximum atomic E-state index is 5.58. The van der Waals surface area contributed by atoms with Crippen LogP contribution in [-0.4, -0.2) is 23.8 Å². The van der Waals surface area contributed by atoms with E-state index in [0.29, 0.717) is 5.15 Å². The normalized spacial score (nSPS) is 10.2. The van der Waals surface area contributed by atoms with Crippen LogP contribution in [0.4, 0.5) is 0 Å². The Kier molecular flexibility index (Phi) is 2.71. The number of aromatic nitrogens is 2. The highest BCUT2D eigenvalue weighted by atomic mass is 35.5. The lowest BCUT2D eigenvalue weighted by atomic mass is 10.3. The van der Waals surface area contributed by atoms with Crippen LogP contribution >= 0.6 is 11.6 Å². The second kappa shape index (κ2) is 3.58. The fraction of sp³-hybridized carbons (Fsp3) is 0.500. The molecule has 0 aliphatic carbocycles. The zero-order chi connectivity index (χ0) is 7.40. The average molecular weight is 160 g/mol. The molecule has 10 heavy (non-hydrogen) atoms. The van der Waals surface area contributed by atoms with Crippen LogP contribution in [0.2, 0.25) is 5.15 Å². The lowest BCUT2D eigenvalue weighted by molar-refractivity contribution is 0.772. The molecule has 0 aliphatic rings. The number of hydrogen-bond acceptors (Lipinski definition) is 2. The van der Waals surface area contributed by atoms with E-state index < -0.39 is 0 Å². The minimum Gasteiger partial charge on any atom is -0.319 e. The Morgan fingerprint density at radius 2 is 2.60 bits per heavy atom. The Hall–Kier alpha value is -0.540. The fourth-order valence-electron chi connectivity index (χ4n) is 0.721. The third-order valence-electron chi connectivity index (χ3n) is 1.24. The molecule has 0 saturated carbocycles. The molecule has 0 amide bonds. The van der Waals surface area contributed by atoms with Crippen LogP contribution in [0.3, 0.4) is 0 Å². The zero-order valence-corrected chi connectivity index (χ0v) is 6.57. The summed E-state index contributed by atoms with van der Waals surface area (Å²) in [6.45, 7) is 0.943. The molecule has 0 spiro atoms. The van der Waals surface area contributed by atoms with Crippen LogP contribution in [-0.2, 0) is 6.42 Å². The van der Waals surface area contributed by atoms with Gasteiger partial charge in [0, 0.05) is 18.7 Å². The van der Waals surface area contributed by atoms with Crippen molar-refractivity contribution in [2.75, 3.05) is 13.6 Å². The summed E-state index contributed by atoms with van der Waals surface area (Å²) in [5.41, 5.74) is 1.07. The fourth-order valence-corrected chi connectivity index (χ4v) is 0.895. The summed E-state index contributed by atoms with van der Waals surface area (Å²) in [6.07, 6.45) is 0.941. The van der Waals surface area contributed by atoms with Crippen LogP contribution in [0.25, 0.3) is 0 Å². The van der Waals surface area contributed by atoms with Crippen molar-refractivity contribution < 1.29 is 0 Å². The van der Waals surface area contributed by atoms with E-state index in [1.54, 1.807) is 0 Å². The van der Waals surface area contributed by atoms with Crippen LogP contribution < -0.4 is 5.32 Å². The summed E-state index contributed by atoms with van der Waals surface area (Å²) >= 11 is 5.58. The van der Waals surface area contributed by atoms with E-state index in [9.17, 15) is 0 Å². The number of hydrogen-bond donors (Lipinski definition) is 2. The van der Waals surface area contributed by atoms with E-state index in [0.717, 1.165) is 18.7 Å². The number of aromatic amines is 1. The van der Waals surface area contributed by atoms with Crippen molar-refractivity contribution >= 4 is 11.6 Å². The monoisotopic (exact) mass is 159 g/mol. The van der Waals surface area contributed by atoms with Gasteiger partial charge in [0.2, 0.25) is 0 Å². The Balaban J connectivity index is 2.42.